The van der Waals surface area contributed by atoms with Gasteiger partial charge in [-0.05, 0) is 60.0 Å². The molecule has 0 unspecified atom stereocenters. The highest BCUT2D eigenvalue weighted by Crippen LogP contribution is 2.38. The predicted octanol–water partition coefficient (Wildman–Crippen LogP) is 5.72. The number of nitrogens with one attached hydrogen (secondary N) is 2. The van der Waals surface area contributed by atoms with E-state index >= 15 is 4.39 Å². The van der Waals surface area contributed by atoms with Crippen molar-refractivity contribution < 1.29 is 32.2 Å². The Morgan fingerprint density at radius 3 is 2.46 bits per heavy atom. The molecule has 0 radical (unpaired) electrons. The van der Waals surface area contributed by atoms with Crippen molar-refractivity contribution in [1.29, 1.82) is 0 Å². The van der Waals surface area contributed by atoms with E-state index in [-0.39, 0.29) is 39.3 Å². The first-order valence-electron chi connectivity index (χ1n) is 16.2. The van der Waals surface area contributed by atoms with Gasteiger partial charge in [0.1, 0.15) is 22.3 Å². The molecule has 0 aliphatic carbocycles. The zero-order valence-corrected chi connectivity index (χ0v) is 28.7. The van der Waals surface area contributed by atoms with E-state index in [4.69, 9.17) is 9.47 Å². The number of carboxylic acid groups (broad SMARTS) is 1. The second kappa shape index (κ2) is 14.7. The van der Waals surface area contributed by atoms with Gasteiger partial charge in [-0.15, -0.1) is 0 Å². The number of carboxylic acids is 1. The number of aromatic nitrogens is 3. The number of carbonyl (C=O) groups is 1. The molecule has 3 aromatic carbocycles. The van der Waals surface area contributed by atoms with Crippen molar-refractivity contribution in [3.63, 3.8) is 0 Å². The number of anilines is 3. The Morgan fingerprint density at radius 1 is 1.02 bits per heavy atom. The topological polar surface area (TPSA) is 156 Å². The largest absolute Gasteiger partial charge is 0.497 e. The summed E-state index contributed by atoms with van der Waals surface area (Å²) >= 11 is 0. The van der Waals surface area contributed by atoms with Crippen LogP contribution >= 0.6 is 0 Å². The van der Waals surface area contributed by atoms with Crippen molar-refractivity contribution in [3.8, 4) is 16.9 Å². The number of hydrogen-bond donors (Lipinski definition) is 3. The Labute approximate surface area is 289 Å². The zero-order chi connectivity index (χ0) is 35.4. The quantitative estimate of drug-likeness (QED) is 0.146. The first-order valence-corrected chi connectivity index (χ1v) is 17.7. The number of hydrogen-bond acceptors (Lipinski definition) is 10. The molecule has 1 saturated heterocycles. The van der Waals surface area contributed by atoms with Gasteiger partial charge in [-0.2, -0.15) is 0 Å². The Bertz CT molecular complexity index is 2160. The summed E-state index contributed by atoms with van der Waals surface area (Å²) in [6, 6.07) is 14.5. The number of halogens is 1. The number of sulfonamides is 1. The number of ether oxygens (including phenoxy) is 2. The molecular weight excluding hydrogens is 663 g/mol. The standard InChI is InChI=1S/C36H37FN6O6S/c1-4-30-28(20-39-33(5-2)42-30)23-16-29(37)34-31(17-23)38-21-32(50(46,47)40-19-22-6-8-27(48-3)9-7-22)35(34)41-25-14-24(36(44)45)15-26(18-25)43-10-12-49-13-11-43/h6-9,14-18,20-21,40H,4-5,10-13,19H2,1-3H3,(H,38,41)(H,44,45). The lowest BCUT2D eigenvalue weighted by atomic mass is 10.0. The molecule has 3 heterocycles. The highest BCUT2D eigenvalue weighted by Gasteiger charge is 2.25. The summed E-state index contributed by atoms with van der Waals surface area (Å²) in [6.45, 7) is 5.86. The number of methoxy groups -OCH3 is 1. The van der Waals surface area contributed by atoms with Crippen LogP contribution in [0.5, 0.6) is 5.75 Å². The molecule has 50 heavy (non-hydrogen) atoms. The number of aryl methyl sites for hydroxylation is 2. The van der Waals surface area contributed by atoms with Gasteiger partial charge in [0.15, 0.2) is 0 Å². The van der Waals surface area contributed by atoms with Gasteiger partial charge in [-0.1, -0.05) is 26.0 Å². The van der Waals surface area contributed by atoms with E-state index in [1.54, 1.807) is 48.7 Å². The first-order chi connectivity index (χ1) is 24.1. The molecule has 2 aromatic heterocycles. The van der Waals surface area contributed by atoms with Crippen LogP contribution in [-0.4, -0.2) is 67.9 Å². The fourth-order valence-corrected chi connectivity index (χ4v) is 6.96. The third-order valence-electron chi connectivity index (χ3n) is 8.49. The molecule has 3 N–H and O–H groups in total. The van der Waals surface area contributed by atoms with Crippen LogP contribution in [0.3, 0.4) is 0 Å². The maximum absolute atomic E-state index is 16.5. The molecule has 5 aromatic rings. The van der Waals surface area contributed by atoms with E-state index < -0.39 is 21.8 Å². The maximum Gasteiger partial charge on any atom is 0.335 e. The summed E-state index contributed by atoms with van der Waals surface area (Å²) in [5.74, 6) is -0.608. The van der Waals surface area contributed by atoms with Gasteiger partial charge in [0.05, 0.1) is 48.2 Å². The van der Waals surface area contributed by atoms with Crippen molar-refractivity contribution in [1.82, 2.24) is 19.7 Å². The smallest absolute Gasteiger partial charge is 0.335 e. The third-order valence-corrected chi connectivity index (χ3v) is 9.90. The van der Waals surface area contributed by atoms with Crippen molar-refractivity contribution in [2.45, 2.75) is 38.1 Å². The molecule has 0 amide bonds. The molecule has 14 heteroatoms. The van der Waals surface area contributed by atoms with E-state index in [9.17, 15) is 18.3 Å². The average Bonchev–Trinajstić information content (AvgIpc) is 3.13. The van der Waals surface area contributed by atoms with Crippen molar-refractivity contribution in [3.05, 3.63) is 95.5 Å². The second-order valence-corrected chi connectivity index (χ2v) is 13.4. The number of pyridine rings is 1. The minimum Gasteiger partial charge on any atom is -0.497 e. The van der Waals surface area contributed by atoms with Crippen LogP contribution < -0.4 is 19.7 Å². The molecule has 1 aliphatic rings. The Kier molecular flexibility index (Phi) is 10.2. The Hall–Kier alpha value is -5.18. The molecule has 1 aliphatic heterocycles. The van der Waals surface area contributed by atoms with Gasteiger partial charge in [0, 0.05) is 55.4 Å². The summed E-state index contributed by atoms with van der Waals surface area (Å²) in [5, 5.41) is 13.0. The van der Waals surface area contributed by atoms with Crippen molar-refractivity contribution in [2.24, 2.45) is 0 Å². The lowest BCUT2D eigenvalue weighted by molar-refractivity contribution is 0.0697. The number of benzene rings is 3. The van der Waals surface area contributed by atoms with Crippen LogP contribution in [0.2, 0.25) is 0 Å². The second-order valence-electron chi connectivity index (χ2n) is 11.7. The molecule has 0 bridgehead atoms. The molecule has 1 fully saturated rings. The molecule has 12 nitrogen and oxygen atoms in total. The Morgan fingerprint density at radius 2 is 1.78 bits per heavy atom. The molecule has 260 valence electrons. The van der Waals surface area contributed by atoms with E-state index in [1.807, 2.05) is 18.7 Å². The average molecular weight is 701 g/mol. The summed E-state index contributed by atoms with van der Waals surface area (Å²) in [7, 11) is -2.77. The van der Waals surface area contributed by atoms with Gasteiger partial charge in [0.25, 0.3) is 0 Å². The minimum absolute atomic E-state index is 0.0257. The van der Waals surface area contributed by atoms with Gasteiger partial charge >= 0.3 is 5.97 Å². The predicted molar refractivity (Wildman–Crippen MR) is 188 cm³/mol. The summed E-state index contributed by atoms with van der Waals surface area (Å²) in [4.78, 5) is 27.3. The summed E-state index contributed by atoms with van der Waals surface area (Å²) in [5.41, 5.74) is 3.46. The lowest BCUT2D eigenvalue weighted by Crippen LogP contribution is -2.36. The van der Waals surface area contributed by atoms with Crippen LogP contribution in [0.1, 0.15) is 41.3 Å². The summed E-state index contributed by atoms with van der Waals surface area (Å²) < 4.78 is 57.6. The number of morpholine rings is 1. The van der Waals surface area contributed by atoms with Gasteiger partial charge < -0.3 is 24.8 Å². The van der Waals surface area contributed by atoms with Crippen molar-refractivity contribution in [2.75, 3.05) is 43.6 Å². The van der Waals surface area contributed by atoms with E-state index in [0.29, 0.717) is 73.1 Å². The monoisotopic (exact) mass is 700 g/mol. The molecule has 6 rings (SSSR count). The van der Waals surface area contributed by atoms with E-state index in [0.717, 1.165) is 5.69 Å². The van der Waals surface area contributed by atoms with Gasteiger partial charge in [0.2, 0.25) is 10.0 Å². The van der Waals surface area contributed by atoms with Crippen LogP contribution in [0, 0.1) is 5.82 Å². The maximum atomic E-state index is 16.5. The summed E-state index contributed by atoms with van der Waals surface area (Å²) in [6.07, 6.45) is 4.08. The van der Waals surface area contributed by atoms with Crippen LogP contribution in [0.15, 0.2) is 71.9 Å². The van der Waals surface area contributed by atoms with Crippen molar-refractivity contribution >= 4 is 44.0 Å². The fraction of sp³-hybridized carbons (Fsp3) is 0.278. The highest BCUT2D eigenvalue weighted by atomic mass is 32.2. The van der Waals surface area contributed by atoms with Crippen LogP contribution in [-0.2, 0) is 34.1 Å². The number of nitrogens with zero attached hydrogens (tertiary/aromatic N) is 4. The van der Waals surface area contributed by atoms with Gasteiger partial charge in [-0.25, -0.2) is 32.3 Å². The highest BCUT2D eigenvalue weighted by molar-refractivity contribution is 7.89. The van der Waals surface area contributed by atoms with E-state index in [2.05, 4.69) is 25.0 Å². The first kappa shape index (κ1) is 34.7. The van der Waals surface area contributed by atoms with E-state index in [1.165, 1.54) is 25.4 Å². The molecule has 0 spiro atoms. The fourth-order valence-electron chi connectivity index (χ4n) is 5.83. The van der Waals surface area contributed by atoms with Crippen LogP contribution in [0.25, 0.3) is 22.0 Å². The van der Waals surface area contributed by atoms with Gasteiger partial charge in [-0.3, -0.25) is 4.98 Å². The number of rotatable bonds is 12. The third kappa shape index (κ3) is 7.37. The SMILES string of the molecule is CCc1ncc(-c2cc(F)c3c(Nc4cc(C(=O)O)cc(N5CCOCC5)c4)c(S(=O)(=O)NCc4ccc(OC)cc4)cnc3c2)c(CC)n1. The molecule has 0 atom stereocenters. The Balaban J connectivity index is 1.49. The minimum atomic E-state index is -4.31. The van der Waals surface area contributed by atoms with Crippen LogP contribution in [0.4, 0.5) is 21.5 Å². The zero-order valence-electron chi connectivity index (χ0n) is 27.9. The number of fused-ring (bicyclic) bond motifs is 1. The molecular formula is C36H37FN6O6S. The molecule has 0 saturated carbocycles. The lowest BCUT2D eigenvalue weighted by Gasteiger charge is -2.29. The number of aromatic carboxylic acids is 1. The normalized spacial score (nSPS) is 13.4.